The first kappa shape index (κ1) is 17.9. The van der Waals surface area contributed by atoms with Gasteiger partial charge in [0.25, 0.3) is 0 Å². The van der Waals surface area contributed by atoms with Crippen molar-refractivity contribution in [3.63, 3.8) is 0 Å². The summed E-state index contributed by atoms with van der Waals surface area (Å²) in [5, 5.41) is 3.69. The Morgan fingerprint density at radius 1 is 1.16 bits per heavy atom. The monoisotopic (exact) mass is 376 g/mol. The molecule has 136 valence electrons. The Bertz CT molecular complexity index is 897. The molecule has 0 unspecified atom stereocenters. The lowest BCUT2D eigenvalue weighted by Gasteiger charge is -2.14. The molecule has 0 N–H and O–H groups in total. The number of hydrogen-bond acceptors (Lipinski definition) is 3. The van der Waals surface area contributed by atoms with E-state index in [1.807, 2.05) is 0 Å². The first-order valence-corrected chi connectivity index (χ1v) is 9.63. The molecule has 3 rings (SSSR count). The van der Waals surface area contributed by atoms with Gasteiger partial charge in [0.05, 0.1) is 11.7 Å². The molecule has 2 aromatic rings. The molecular weight excluding hydrogens is 360 g/mol. The molecule has 25 heavy (non-hydrogen) atoms. The predicted molar refractivity (Wildman–Crippen MR) is 83.2 cm³/mol. The second-order valence-electron chi connectivity index (χ2n) is 6.21. The van der Waals surface area contributed by atoms with Crippen LogP contribution in [-0.2, 0) is 16.0 Å². The van der Waals surface area contributed by atoms with Crippen LogP contribution in [0.2, 0.25) is 0 Å². The van der Waals surface area contributed by atoms with Gasteiger partial charge < -0.3 is 0 Å². The Labute approximate surface area is 142 Å². The number of hydrogen-bond donors (Lipinski definition) is 0. The quantitative estimate of drug-likeness (QED) is 0.754. The number of aromatic nitrogens is 2. The molecule has 0 bridgehead atoms. The van der Waals surface area contributed by atoms with Gasteiger partial charge in [-0.2, -0.15) is 18.3 Å². The highest BCUT2D eigenvalue weighted by Crippen LogP contribution is 2.37. The van der Waals surface area contributed by atoms with E-state index in [0.29, 0.717) is 12.8 Å². The molecule has 1 aliphatic rings. The van der Waals surface area contributed by atoms with Gasteiger partial charge in [0.1, 0.15) is 10.7 Å². The molecule has 0 aliphatic heterocycles. The van der Waals surface area contributed by atoms with Crippen LogP contribution in [-0.4, -0.2) is 24.5 Å². The Morgan fingerprint density at radius 3 is 2.32 bits per heavy atom. The van der Waals surface area contributed by atoms with E-state index in [4.69, 9.17) is 0 Å². The maximum atomic E-state index is 14.2. The van der Waals surface area contributed by atoms with Gasteiger partial charge in [-0.15, -0.1) is 0 Å². The second kappa shape index (κ2) is 6.12. The van der Waals surface area contributed by atoms with Crippen LogP contribution in [0.5, 0.6) is 0 Å². The van der Waals surface area contributed by atoms with Crippen molar-refractivity contribution in [2.45, 2.75) is 42.8 Å². The van der Waals surface area contributed by atoms with Crippen LogP contribution >= 0.6 is 0 Å². The highest BCUT2D eigenvalue weighted by molar-refractivity contribution is 7.90. The van der Waals surface area contributed by atoms with Gasteiger partial charge in [-0.3, -0.25) is 4.68 Å². The van der Waals surface area contributed by atoms with E-state index >= 15 is 0 Å². The summed E-state index contributed by atoms with van der Waals surface area (Å²) in [6.45, 7) is 0. The van der Waals surface area contributed by atoms with Crippen molar-refractivity contribution in [3.8, 4) is 11.3 Å². The third kappa shape index (κ3) is 3.56. The molecule has 0 amide bonds. The van der Waals surface area contributed by atoms with E-state index in [2.05, 4.69) is 5.10 Å². The fraction of sp³-hybridized carbons (Fsp3) is 0.438. The topological polar surface area (TPSA) is 52.0 Å². The number of alkyl halides is 3. The fourth-order valence-electron chi connectivity index (χ4n) is 3.14. The van der Waals surface area contributed by atoms with Gasteiger partial charge in [-0.25, -0.2) is 12.8 Å². The first-order valence-electron chi connectivity index (χ1n) is 7.74. The Balaban J connectivity index is 2.12. The van der Waals surface area contributed by atoms with E-state index in [1.54, 1.807) is 0 Å². The van der Waals surface area contributed by atoms with E-state index in [-0.39, 0.29) is 17.3 Å². The summed E-state index contributed by atoms with van der Waals surface area (Å²) in [4.78, 5) is -0.487. The Morgan fingerprint density at radius 2 is 1.80 bits per heavy atom. The van der Waals surface area contributed by atoms with E-state index in [0.717, 1.165) is 37.3 Å². The van der Waals surface area contributed by atoms with Crippen molar-refractivity contribution in [1.29, 1.82) is 0 Å². The van der Waals surface area contributed by atoms with Gasteiger partial charge in [0, 0.05) is 11.8 Å². The van der Waals surface area contributed by atoms with Crippen LogP contribution in [0.1, 0.15) is 37.4 Å². The zero-order chi connectivity index (χ0) is 18.4. The molecular formula is C16H16F4N2O2S. The molecule has 1 heterocycles. The zero-order valence-corrected chi connectivity index (χ0v) is 14.2. The molecule has 0 spiro atoms. The molecule has 0 saturated heterocycles. The van der Waals surface area contributed by atoms with Crippen molar-refractivity contribution >= 4 is 9.84 Å². The number of benzene rings is 1. The highest BCUT2D eigenvalue weighted by Gasteiger charge is 2.36. The summed E-state index contributed by atoms with van der Waals surface area (Å²) in [5.41, 5.74) is -0.736. The lowest BCUT2D eigenvalue weighted by molar-refractivity contribution is -0.141. The van der Waals surface area contributed by atoms with Crippen LogP contribution in [0.15, 0.2) is 29.2 Å². The molecule has 1 aromatic heterocycles. The van der Waals surface area contributed by atoms with E-state index in [1.165, 1.54) is 10.7 Å². The lowest BCUT2D eigenvalue weighted by atomic mass is 10.1. The molecule has 1 fully saturated rings. The molecule has 0 radical (unpaired) electrons. The summed E-state index contributed by atoms with van der Waals surface area (Å²) in [7, 11) is -3.75. The Kier molecular flexibility index (Phi) is 4.38. The molecule has 1 aromatic carbocycles. The number of nitrogens with zero attached hydrogens (tertiary/aromatic N) is 2. The number of halogens is 4. The van der Waals surface area contributed by atoms with E-state index < -0.39 is 32.4 Å². The summed E-state index contributed by atoms with van der Waals surface area (Å²) in [5.74, 6) is -0.993. The zero-order valence-electron chi connectivity index (χ0n) is 13.3. The van der Waals surface area contributed by atoms with Gasteiger partial charge in [-0.05, 0) is 31.0 Å². The summed E-state index contributed by atoms with van der Waals surface area (Å²) >= 11 is 0. The molecule has 9 heteroatoms. The van der Waals surface area contributed by atoms with Crippen LogP contribution in [0, 0.1) is 5.82 Å². The SMILES string of the molecule is CS(=O)(=O)c1ccc(-c2cc(C(F)(F)F)nn2C2CCCC2)cc1F. The Hall–Kier alpha value is -1.90. The van der Waals surface area contributed by atoms with Crippen molar-refractivity contribution in [2.75, 3.05) is 6.26 Å². The number of sulfone groups is 1. The van der Waals surface area contributed by atoms with Crippen LogP contribution in [0.4, 0.5) is 17.6 Å². The first-order chi connectivity index (χ1) is 11.6. The minimum absolute atomic E-state index is 0.137. The average Bonchev–Trinajstić information content (AvgIpc) is 3.14. The van der Waals surface area contributed by atoms with Gasteiger partial charge >= 0.3 is 6.18 Å². The summed E-state index contributed by atoms with van der Waals surface area (Å²) in [6.07, 6.45) is -0.537. The third-order valence-electron chi connectivity index (χ3n) is 4.32. The van der Waals surface area contributed by atoms with E-state index in [9.17, 15) is 26.0 Å². The van der Waals surface area contributed by atoms with Crippen LogP contribution in [0.3, 0.4) is 0 Å². The third-order valence-corrected chi connectivity index (χ3v) is 5.45. The summed E-state index contributed by atoms with van der Waals surface area (Å²) in [6, 6.07) is 4.02. The highest BCUT2D eigenvalue weighted by atomic mass is 32.2. The molecule has 4 nitrogen and oxygen atoms in total. The lowest BCUT2D eigenvalue weighted by Crippen LogP contribution is -2.11. The van der Waals surface area contributed by atoms with Crippen molar-refractivity contribution < 1.29 is 26.0 Å². The van der Waals surface area contributed by atoms with Crippen molar-refractivity contribution in [3.05, 3.63) is 35.8 Å². The maximum Gasteiger partial charge on any atom is 0.435 e. The minimum atomic E-state index is -4.61. The normalized spacial score (nSPS) is 16.5. The van der Waals surface area contributed by atoms with Crippen molar-refractivity contribution in [2.24, 2.45) is 0 Å². The van der Waals surface area contributed by atoms with Crippen molar-refractivity contribution in [1.82, 2.24) is 9.78 Å². The predicted octanol–water partition coefficient (Wildman–Crippen LogP) is 4.23. The van der Waals surface area contributed by atoms with Gasteiger partial charge in [0.2, 0.25) is 0 Å². The molecule has 1 aliphatic carbocycles. The smallest absolute Gasteiger partial charge is 0.261 e. The van der Waals surface area contributed by atoms with Gasteiger partial charge in [0.15, 0.2) is 15.5 Å². The van der Waals surface area contributed by atoms with Crippen LogP contribution in [0.25, 0.3) is 11.3 Å². The maximum absolute atomic E-state index is 14.2. The fourth-order valence-corrected chi connectivity index (χ4v) is 3.87. The van der Waals surface area contributed by atoms with Gasteiger partial charge in [-0.1, -0.05) is 18.9 Å². The minimum Gasteiger partial charge on any atom is -0.261 e. The molecule has 0 atom stereocenters. The second-order valence-corrected chi connectivity index (χ2v) is 8.20. The average molecular weight is 376 g/mol. The standard InChI is InChI=1S/C16H16F4N2O2S/c1-25(23,24)14-7-6-10(8-12(14)17)13-9-15(16(18,19)20)21-22(13)11-4-2-3-5-11/h6-9,11H,2-5H2,1H3. The number of rotatable bonds is 3. The largest absolute Gasteiger partial charge is 0.435 e. The summed E-state index contributed by atoms with van der Waals surface area (Å²) < 4.78 is 77.6. The molecule has 1 saturated carbocycles. The van der Waals surface area contributed by atoms with Crippen LogP contribution < -0.4 is 0 Å².